The van der Waals surface area contributed by atoms with Crippen LogP contribution in [0.2, 0.25) is 0 Å². The molecule has 388 valence electrons. The second-order valence-electron chi connectivity index (χ2n) is 20.0. The maximum Gasteiger partial charge on any atom is 0.305 e. The van der Waals surface area contributed by atoms with Gasteiger partial charge in [0.1, 0.15) is 0 Å². The fourth-order valence-corrected chi connectivity index (χ4v) is 8.92. The van der Waals surface area contributed by atoms with Gasteiger partial charge in [-0.05, 0) is 51.4 Å². The zero-order valence-corrected chi connectivity index (χ0v) is 44.2. The van der Waals surface area contributed by atoms with E-state index in [0.717, 1.165) is 51.4 Å². The van der Waals surface area contributed by atoms with E-state index in [9.17, 15) is 19.8 Å². The Hall–Kier alpha value is -1.92. The van der Waals surface area contributed by atoms with Gasteiger partial charge < -0.3 is 20.3 Å². The first kappa shape index (κ1) is 64.1. The number of unbranched alkanes of at least 4 members (excludes halogenated alkanes) is 39. The van der Waals surface area contributed by atoms with Gasteiger partial charge >= 0.3 is 5.97 Å². The largest absolute Gasteiger partial charge is 0.466 e. The van der Waals surface area contributed by atoms with Crippen molar-refractivity contribution in [2.45, 2.75) is 321 Å². The average molecular weight is 929 g/mol. The Labute approximate surface area is 411 Å². The number of aliphatic hydroxyl groups is 2. The molecule has 0 aromatic rings. The maximum atomic E-state index is 12.4. The van der Waals surface area contributed by atoms with Gasteiger partial charge in [0.2, 0.25) is 5.91 Å². The van der Waals surface area contributed by atoms with Crippen LogP contribution >= 0.6 is 0 Å². The molecule has 0 bridgehead atoms. The molecule has 0 aliphatic rings. The summed E-state index contributed by atoms with van der Waals surface area (Å²) in [4.78, 5) is 24.5. The molecule has 0 fully saturated rings. The molecule has 2 unspecified atom stereocenters. The standard InChI is InChI=1S/C60H113NO5/c1-3-5-7-9-11-13-15-17-18-19-20-21-22-23-24-25-26-29-32-36-40-44-48-52-58(63)57(56-62)61-59(64)53-49-45-41-37-33-30-27-31-35-39-43-47-51-55-66-60(65)54-50-46-42-38-34-28-16-14-12-10-8-6-4-2/h30,33,41,45,48,52,57-58,62-63H,3-29,31-32,34-40,42-44,46-47,49-51,53-56H2,1-2H3,(H,61,64)/b33-30-,45-41-,52-48+. The van der Waals surface area contributed by atoms with Crippen molar-refractivity contribution in [3.8, 4) is 0 Å². The number of nitrogens with one attached hydrogen (secondary N) is 1. The maximum absolute atomic E-state index is 12.4. The summed E-state index contributed by atoms with van der Waals surface area (Å²) >= 11 is 0. The first-order valence-corrected chi connectivity index (χ1v) is 29.3. The minimum atomic E-state index is -0.880. The van der Waals surface area contributed by atoms with Crippen LogP contribution in [0.5, 0.6) is 0 Å². The predicted molar refractivity (Wildman–Crippen MR) is 287 cm³/mol. The number of amides is 1. The molecule has 3 N–H and O–H groups in total. The van der Waals surface area contributed by atoms with Gasteiger partial charge in [-0.15, -0.1) is 0 Å². The molecular formula is C60H113NO5. The lowest BCUT2D eigenvalue weighted by Crippen LogP contribution is -2.45. The number of esters is 1. The molecule has 0 saturated carbocycles. The number of allylic oxidation sites excluding steroid dienone is 5. The van der Waals surface area contributed by atoms with Gasteiger partial charge in [0.05, 0.1) is 25.4 Å². The SMILES string of the molecule is CCCCCCCCCCCCCCCCCCCCCCC/C=C/C(O)C(CO)NC(=O)CC/C=C\C/C=C\CCCCCCCCOC(=O)CCCCCCCCCCCCCCC. The third kappa shape index (κ3) is 51.5. The number of carbonyl (C=O) groups excluding carboxylic acids is 2. The van der Waals surface area contributed by atoms with Crippen molar-refractivity contribution in [2.75, 3.05) is 13.2 Å². The molecule has 1 amide bonds. The number of hydrogen-bond donors (Lipinski definition) is 3. The highest BCUT2D eigenvalue weighted by Crippen LogP contribution is 2.17. The number of ether oxygens (including phenoxy) is 1. The highest BCUT2D eigenvalue weighted by molar-refractivity contribution is 5.76. The van der Waals surface area contributed by atoms with Gasteiger partial charge in [-0.1, -0.05) is 281 Å². The normalized spacial score (nSPS) is 12.8. The van der Waals surface area contributed by atoms with Gasteiger partial charge in [0, 0.05) is 12.8 Å². The molecule has 0 aromatic heterocycles. The fraction of sp³-hybridized carbons (Fsp3) is 0.867. The van der Waals surface area contributed by atoms with E-state index in [-0.39, 0.29) is 18.5 Å². The van der Waals surface area contributed by atoms with E-state index in [2.05, 4.69) is 37.4 Å². The van der Waals surface area contributed by atoms with Crippen molar-refractivity contribution in [2.24, 2.45) is 0 Å². The fourth-order valence-electron chi connectivity index (χ4n) is 8.92. The average Bonchev–Trinajstić information content (AvgIpc) is 3.32. The van der Waals surface area contributed by atoms with Crippen LogP contribution in [0.4, 0.5) is 0 Å². The number of aliphatic hydroxyl groups excluding tert-OH is 2. The van der Waals surface area contributed by atoms with Crippen LogP contribution in [0, 0.1) is 0 Å². The molecule has 0 radical (unpaired) electrons. The van der Waals surface area contributed by atoms with E-state index in [1.54, 1.807) is 6.08 Å². The first-order valence-electron chi connectivity index (χ1n) is 29.3. The lowest BCUT2D eigenvalue weighted by Gasteiger charge is -2.19. The molecule has 0 spiro atoms. The summed E-state index contributed by atoms with van der Waals surface area (Å²) in [6.07, 6.45) is 69.0. The summed E-state index contributed by atoms with van der Waals surface area (Å²) in [5, 5.41) is 23.1. The molecule has 66 heavy (non-hydrogen) atoms. The summed E-state index contributed by atoms with van der Waals surface area (Å²) in [6, 6.07) is -0.673. The summed E-state index contributed by atoms with van der Waals surface area (Å²) in [5.41, 5.74) is 0. The van der Waals surface area contributed by atoms with E-state index >= 15 is 0 Å². The molecule has 0 heterocycles. The van der Waals surface area contributed by atoms with Gasteiger partial charge in [-0.25, -0.2) is 0 Å². The van der Waals surface area contributed by atoms with Crippen molar-refractivity contribution in [3.05, 3.63) is 36.5 Å². The number of hydrogen-bond acceptors (Lipinski definition) is 5. The lowest BCUT2D eigenvalue weighted by atomic mass is 10.0. The van der Waals surface area contributed by atoms with Crippen LogP contribution in [0.1, 0.15) is 309 Å². The molecule has 0 aliphatic heterocycles. The molecule has 6 heteroatoms. The summed E-state index contributed by atoms with van der Waals surface area (Å²) in [6.45, 7) is 4.85. The van der Waals surface area contributed by atoms with Gasteiger partial charge in [-0.2, -0.15) is 0 Å². The molecular weight excluding hydrogens is 815 g/mol. The second kappa shape index (κ2) is 55.7. The second-order valence-corrected chi connectivity index (χ2v) is 20.0. The molecule has 0 rings (SSSR count). The predicted octanol–water partition coefficient (Wildman–Crippen LogP) is 18.0. The molecule has 0 aliphatic carbocycles. The number of rotatable bonds is 54. The zero-order chi connectivity index (χ0) is 47.9. The quantitative estimate of drug-likeness (QED) is 0.0321. The Morgan fingerprint density at radius 3 is 1.18 bits per heavy atom. The van der Waals surface area contributed by atoms with E-state index < -0.39 is 12.1 Å². The summed E-state index contributed by atoms with van der Waals surface area (Å²) in [5.74, 6) is -0.163. The van der Waals surface area contributed by atoms with Crippen molar-refractivity contribution in [3.63, 3.8) is 0 Å². The minimum Gasteiger partial charge on any atom is -0.466 e. The van der Waals surface area contributed by atoms with E-state index in [0.29, 0.717) is 25.9 Å². The molecule has 0 aromatic carbocycles. The van der Waals surface area contributed by atoms with Crippen molar-refractivity contribution in [1.82, 2.24) is 5.32 Å². The van der Waals surface area contributed by atoms with E-state index in [1.165, 1.54) is 225 Å². The zero-order valence-electron chi connectivity index (χ0n) is 44.2. The molecule has 0 saturated heterocycles. The van der Waals surface area contributed by atoms with Crippen LogP contribution in [0.25, 0.3) is 0 Å². The van der Waals surface area contributed by atoms with Crippen LogP contribution in [0.3, 0.4) is 0 Å². The third-order valence-electron chi connectivity index (χ3n) is 13.4. The third-order valence-corrected chi connectivity index (χ3v) is 13.4. The highest BCUT2D eigenvalue weighted by atomic mass is 16.5. The number of carbonyl (C=O) groups is 2. The highest BCUT2D eigenvalue weighted by Gasteiger charge is 2.17. The Morgan fingerprint density at radius 2 is 0.773 bits per heavy atom. The van der Waals surface area contributed by atoms with Gasteiger partial charge in [0.25, 0.3) is 0 Å². The van der Waals surface area contributed by atoms with Gasteiger partial charge in [-0.3, -0.25) is 9.59 Å². The van der Waals surface area contributed by atoms with Crippen LogP contribution in [-0.2, 0) is 14.3 Å². The minimum absolute atomic E-state index is 0.0167. The molecule has 2 atom stereocenters. The summed E-state index contributed by atoms with van der Waals surface area (Å²) < 4.78 is 5.45. The van der Waals surface area contributed by atoms with Crippen LogP contribution in [0.15, 0.2) is 36.5 Å². The Bertz CT molecular complexity index is 1070. The Balaban J connectivity index is 3.57. The van der Waals surface area contributed by atoms with E-state index in [1.807, 2.05) is 12.2 Å². The van der Waals surface area contributed by atoms with Gasteiger partial charge in [0.15, 0.2) is 0 Å². The van der Waals surface area contributed by atoms with Crippen molar-refractivity contribution >= 4 is 11.9 Å². The van der Waals surface area contributed by atoms with Crippen molar-refractivity contribution in [1.29, 1.82) is 0 Å². The van der Waals surface area contributed by atoms with E-state index in [4.69, 9.17) is 4.74 Å². The molecule has 6 nitrogen and oxygen atoms in total. The topological polar surface area (TPSA) is 95.9 Å². The lowest BCUT2D eigenvalue weighted by molar-refractivity contribution is -0.143. The van der Waals surface area contributed by atoms with Crippen LogP contribution < -0.4 is 5.32 Å². The smallest absolute Gasteiger partial charge is 0.305 e. The summed E-state index contributed by atoms with van der Waals surface area (Å²) in [7, 11) is 0. The monoisotopic (exact) mass is 928 g/mol. The first-order chi connectivity index (χ1) is 32.5. The van der Waals surface area contributed by atoms with Crippen LogP contribution in [-0.4, -0.2) is 47.4 Å². The Kier molecular flexibility index (Phi) is 54.1. The Morgan fingerprint density at radius 1 is 0.424 bits per heavy atom. The van der Waals surface area contributed by atoms with Crippen molar-refractivity contribution < 1.29 is 24.5 Å².